The van der Waals surface area contributed by atoms with Gasteiger partial charge in [-0.2, -0.15) is 0 Å². The molecule has 0 aliphatic carbocycles. The first-order chi connectivity index (χ1) is 14.5. The van der Waals surface area contributed by atoms with Gasteiger partial charge in [-0.05, 0) is 45.3 Å². The summed E-state index contributed by atoms with van der Waals surface area (Å²) in [6, 6.07) is 14.1. The fraction of sp³-hybridized carbons (Fsp3) is 0.227. The first-order valence-electron chi connectivity index (χ1n) is 9.54. The smallest absolute Gasteiger partial charge is 0.311 e. The summed E-state index contributed by atoms with van der Waals surface area (Å²) in [5.74, 6) is 0.269. The number of aromatic nitrogens is 2. The number of nitrogens with zero attached hydrogens (tertiary/aromatic N) is 5. The topological polar surface area (TPSA) is 92.5 Å². The molecule has 2 aromatic heterocycles. The molecule has 1 aromatic carbocycles. The molecule has 0 fully saturated rings. The summed E-state index contributed by atoms with van der Waals surface area (Å²) >= 11 is 0. The van der Waals surface area contributed by atoms with E-state index in [1.807, 2.05) is 49.3 Å². The fourth-order valence-electron chi connectivity index (χ4n) is 3.30. The lowest BCUT2D eigenvalue weighted by atomic mass is 10.0. The molecule has 2 heterocycles. The van der Waals surface area contributed by atoms with Gasteiger partial charge < -0.3 is 9.80 Å². The van der Waals surface area contributed by atoms with Crippen LogP contribution in [0.25, 0.3) is 11.1 Å². The van der Waals surface area contributed by atoms with Crippen LogP contribution in [0.1, 0.15) is 16.9 Å². The second-order valence-electron chi connectivity index (χ2n) is 6.98. The van der Waals surface area contributed by atoms with E-state index in [9.17, 15) is 14.9 Å². The van der Waals surface area contributed by atoms with Gasteiger partial charge in [0, 0.05) is 36.1 Å². The number of carbonyl (C=O) groups is 1. The van der Waals surface area contributed by atoms with Crippen molar-refractivity contribution in [3.8, 4) is 11.1 Å². The summed E-state index contributed by atoms with van der Waals surface area (Å²) < 4.78 is 0. The number of benzene rings is 1. The Hall–Kier alpha value is -3.65. The third kappa shape index (κ3) is 4.66. The SMILES string of the molecule is CN(C)CCCN(c1ccccc1-c1cccnc1C=O)c1ncccc1[N+](=O)[O-]. The van der Waals surface area contributed by atoms with Gasteiger partial charge in [0.05, 0.1) is 10.6 Å². The average molecular weight is 405 g/mol. The van der Waals surface area contributed by atoms with Crippen molar-refractivity contribution in [1.29, 1.82) is 0 Å². The van der Waals surface area contributed by atoms with Gasteiger partial charge in [-0.15, -0.1) is 0 Å². The lowest BCUT2D eigenvalue weighted by Crippen LogP contribution is -2.25. The molecule has 0 unspecified atom stereocenters. The van der Waals surface area contributed by atoms with E-state index in [0.717, 1.165) is 24.2 Å². The molecule has 0 aliphatic rings. The summed E-state index contributed by atoms with van der Waals surface area (Å²) in [4.78, 5) is 35.2. The third-order valence-electron chi connectivity index (χ3n) is 4.64. The number of pyridine rings is 2. The fourth-order valence-corrected chi connectivity index (χ4v) is 3.30. The van der Waals surface area contributed by atoms with Crippen molar-refractivity contribution in [1.82, 2.24) is 14.9 Å². The quantitative estimate of drug-likeness (QED) is 0.302. The summed E-state index contributed by atoms with van der Waals surface area (Å²) in [7, 11) is 3.96. The van der Waals surface area contributed by atoms with Gasteiger partial charge in [0.2, 0.25) is 5.82 Å². The van der Waals surface area contributed by atoms with Gasteiger partial charge in [0.15, 0.2) is 6.29 Å². The van der Waals surface area contributed by atoms with Crippen LogP contribution in [0, 0.1) is 10.1 Å². The van der Waals surface area contributed by atoms with Crippen LogP contribution in [0.4, 0.5) is 17.2 Å². The molecule has 8 nitrogen and oxygen atoms in total. The molecule has 154 valence electrons. The summed E-state index contributed by atoms with van der Waals surface area (Å²) in [6.45, 7) is 1.33. The van der Waals surface area contributed by atoms with Crippen molar-refractivity contribution in [3.05, 3.63) is 76.7 Å². The van der Waals surface area contributed by atoms with E-state index in [4.69, 9.17) is 0 Å². The molecule has 0 atom stereocenters. The lowest BCUT2D eigenvalue weighted by Gasteiger charge is -2.27. The van der Waals surface area contributed by atoms with E-state index in [1.165, 1.54) is 6.07 Å². The van der Waals surface area contributed by atoms with Gasteiger partial charge in [-0.1, -0.05) is 24.3 Å². The average Bonchev–Trinajstić information content (AvgIpc) is 2.76. The number of hydrogen-bond acceptors (Lipinski definition) is 7. The number of anilines is 2. The maximum absolute atomic E-state index is 11.7. The van der Waals surface area contributed by atoms with Crippen LogP contribution in [0.15, 0.2) is 60.9 Å². The molecule has 30 heavy (non-hydrogen) atoms. The summed E-state index contributed by atoms with van der Waals surface area (Å²) in [5.41, 5.74) is 2.40. The Kier molecular flexibility index (Phi) is 6.82. The number of nitro groups is 1. The first-order valence-corrected chi connectivity index (χ1v) is 9.54. The summed E-state index contributed by atoms with van der Waals surface area (Å²) in [6.07, 6.45) is 4.59. The Bertz CT molecular complexity index is 1040. The molecule has 0 aliphatic heterocycles. The molecule has 0 amide bonds. The van der Waals surface area contributed by atoms with Crippen molar-refractivity contribution >= 4 is 23.5 Å². The maximum Gasteiger partial charge on any atom is 0.311 e. The van der Waals surface area contributed by atoms with Crippen LogP contribution in [-0.2, 0) is 0 Å². The minimum Gasteiger partial charge on any atom is -0.320 e. The second kappa shape index (κ2) is 9.71. The predicted molar refractivity (Wildman–Crippen MR) is 116 cm³/mol. The van der Waals surface area contributed by atoms with Crippen molar-refractivity contribution in [2.45, 2.75) is 6.42 Å². The Labute approximate surface area is 175 Å². The Morgan fingerprint density at radius 3 is 2.40 bits per heavy atom. The predicted octanol–water partition coefficient (Wildman–Crippen LogP) is 3.95. The molecular formula is C22H23N5O3. The number of aldehydes is 1. The molecule has 0 radical (unpaired) electrons. The highest BCUT2D eigenvalue weighted by Crippen LogP contribution is 2.38. The molecule has 0 spiro atoms. The number of rotatable bonds is 9. The Morgan fingerprint density at radius 2 is 1.67 bits per heavy atom. The molecule has 0 saturated carbocycles. The third-order valence-corrected chi connectivity index (χ3v) is 4.64. The van der Waals surface area contributed by atoms with Crippen molar-refractivity contribution < 1.29 is 9.72 Å². The summed E-state index contributed by atoms with van der Waals surface area (Å²) in [5, 5.41) is 11.7. The molecule has 0 bridgehead atoms. The van der Waals surface area contributed by atoms with Crippen LogP contribution in [0.3, 0.4) is 0 Å². The normalized spacial score (nSPS) is 10.8. The van der Waals surface area contributed by atoms with E-state index in [-0.39, 0.29) is 11.5 Å². The van der Waals surface area contributed by atoms with Gasteiger partial charge in [-0.3, -0.25) is 19.9 Å². The van der Waals surface area contributed by atoms with Gasteiger partial charge in [0.25, 0.3) is 0 Å². The van der Waals surface area contributed by atoms with Crippen molar-refractivity contribution in [2.75, 3.05) is 32.1 Å². The van der Waals surface area contributed by atoms with Gasteiger partial charge in [0.1, 0.15) is 5.69 Å². The molecular weight excluding hydrogens is 382 g/mol. The zero-order valence-corrected chi connectivity index (χ0v) is 16.9. The number of carbonyl (C=O) groups excluding carboxylic acids is 1. The highest BCUT2D eigenvalue weighted by Gasteiger charge is 2.24. The second-order valence-corrected chi connectivity index (χ2v) is 6.98. The lowest BCUT2D eigenvalue weighted by molar-refractivity contribution is -0.384. The van der Waals surface area contributed by atoms with Crippen molar-refractivity contribution in [2.24, 2.45) is 0 Å². The zero-order valence-electron chi connectivity index (χ0n) is 16.9. The number of para-hydroxylation sites is 1. The Balaban J connectivity index is 2.16. The zero-order chi connectivity index (χ0) is 21.5. The minimum absolute atomic E-state index is 0.0704. The molecule has 0 N–H and O–H groups in total. The molecule has 8 heteroatoms. The highest BCUT2D eigenvalue weighted by atomic mass is 16.6. The minimum atomic E-state index is -0.426. The van der Waals surface area contributed by atoms with E-state index in [0.29, 0.717) is 24.1 Å². The van der Waals surface area contributed by atoms with E-state index in [1.54, 1.807) is 24.5 Å². The maximum atomic E-state index is 11.7. The monoisotopic (exact) mass is 405 g/mol. The molecule has 3 rings (SSSR count). The first kappa shape index (κ1) is 21.1. The standard InChI is InChI=1S/C22H23N5O3/c1-25(2)14-7-15-26(22-21(27(29)30)11-6-13-24-22)20-10-4-3-8-18(20)17-9-5-12-23-19(17)16-28/h3-6,8-13,16H,7,14-15H2,1-2H3. The van der Waals surface area contributed by atoms with Crippen LogP contribution >= 0.6 is 0 Å². The van der Waals surface area contributed by atoms with E-state index >= 15 is 0 Å². The van der Waals surface area contributed by atoms with Crippen LogP contribution in [-0.4, -0.2) is 53.3 Å². The highest BCUT2D eigenvalue weighted by molar-refractivity contribution is 5.91. The van der Waals surface area contributed by atoms with Gasteiger partial charge >= 0.3 is 5.69 Å². The number of hydrogen-bond donors (Lipinski definition) is 0. The molecule has 3 aromatic rings. The van der Waals surface area contributed by atoms with E-state index < -0.39 is 4.92 Å². The van der Waals surface area contributed by atoms with Crippen LogP contribution in [0.2, 0.25) is 0 Å². The van der Waals surface area contributed by atoms with Crippen LogP contribution < -0.4 is 4.90 Å². The largest absolute Gasteiger partial charge is 0.320 e. The van der Waals surface area contributed by atoms with Crippen LogP contribution in [0.5, 0.6) is 0 Å². The van der Waals surface area contributed by atoms with Crippen molar-refractivity contribution in [3.63, 3.8) is 0 Å². The molecule has 0 saturated heterocycles. The van der Waals surface area contributed by atoms with Gasteiger partial charge in [-0.25, -0.2) is 4.98 Å². The van der Waals surface area contributed by atoms with E-state index in [2.05, 4.69) is 14.9 Å². The Morgan fingerprint density at radius 1 is 0.967 bits per heavy atom.